The van der Waals surface area contributed by atoms with E-state index >= 15 is 0 Å². The third-order valence-electron chi connectivity index (χ3n) is 5.32. The van der Waals surface area contributed by atoms with E-state index in [0.29, 0.717) is 19.5 Å². The summed E-state index contributed by atoms with van der Waals surface area (Å²) in [7, 11) is 1.81. The van der Waals surface area contributed by atoms with Crippen LogP contribution in [0.15, 0.2) is 29.3 Å². The van der Waals surface area contributed by atoms with E-state index in [9.17, 15) is 4.79 Å². The van der Waals surface area contributed by atoms with Crippen molar-refractivity contribution in [3.63, 3.8) is 0 Å². The van der Waals surface area contributed by atoms with Crippen LogP contribution in [0.5, 0.6) is 0 Å². The van der Waals surface area contributed by atoms with Crippen LogP contribution < -0.4 is 10.6 Å². The number of benzene rings is 1. The van der Waals surface area contributed by atoms with Gasteiger partial charge >= 0.3 is 0 Å². The van der Waals surface area contributed by atoms with Crippen molar-refractivity contribution >= 4 is 35.8 Å². The summed E-state index contributed by atoms with van der Waals surface area (Å²) in [6.07, 6.45) is 8.09. The fraction of sp³-hybridized carbons (Fsp3) is 0.652. The molecule has 0 radical (unpaired) electrons. The molecule has 2 N–H and O–H groups in total. The van der Waals surface area contributed by atoms with Crippen molar-refractivity contribution in [3.8, 4) is 0 Å². The van der Waals surface area contributed by atoms with Gasteiger partial charge in [0.05, 0.1) is 0 Å². The molecular formula is C23H39IN4O. The molecule has 0 aromatic heterocycles. The van der Waals surface area contributed by atoms with Crippen LogP contribution in [-0.4, -0.2) is 36.9 Å². The normalized spacial score (nSPS) is 14.3. The third kappa shape index (κ3) is 9.83. The van der Waals surface area contributed by atoms with Gasteiger partial charge in [-0.2, -0.15) is 0 Å². The van der Waals surface area contributed by atoms with Crippen molar-refractivity contribution in [1.29, 1.82) is 0 Å². The molecule has 29 heavy (non-hydrogen) atoms. The van der Waals surface area contributed by atoms with Gasteiger partial charge in [0.2, 0.25) is 5.91 Å². The second-order valence-corrected chi connectivity index (χ2v) is 8.14. The van der Waals surface area contributed by atoms with Gasteiger partial charge in [-0.15, -0.1) is 24.0 Å². The van der Waals surface area contributed by atoms with Crippen LogP contribution in [0.25, 0.3) is 0 Å². The Morgan fingerprint density at radius 2 is 1.83 bits per heavy atom. The first-order valence-corrected chi connectivity index (χ1v) is 10.9. The van der Waals surface area contributed by atoms with Crippen molar-refractivity contribution in [2.24, 2.45) is 10.9 Å². The number of aliphatic imine (C=N–C) groups is 1. The summed E-state index contributed by atoms with van der Waals surface area (Å²) in [4.78, 5) is 18.2. The number of hydrogen-bond donors (Lipinski definition) is 2. The lowest BCUT2D eigenvalue weighted by Gasteiger charge is -2.19. The smallest absolute Gasteiger partial charge is 0.222 e. The number of carbonyl (C=O) groups excluding carboxylic acids is 1. The molecule has 0 atom stereocenters. The molecule has 0 unspecified atom stereocenters. The van der Waals surface area contributed by atoms with E-state index in [2.05, 4.69) is 47.7 Å². The van der Waals surface area contributed by atoms with E-state index in [1.807, 2.05) is 18.0 Å². The number of rotatable bonds is 11. The number of nitrogens with zero attached hydrogens (tertiary/aromatic N) is 2. The number of halogens is 1. The first-order chi connectivity index (χ1) is 13.6. The van der Waals surface area contributed by atoms with E-state index < -0.39 is 0 Å². The molecule has 1 aromatic rings. The fourth-order valence-corrected chi connectivity index (χ4v) is 3.60. The van der Waals surface area contributed by atoms with Gasteiger partial charge in [0.1, 0.15) is 0 Å². The Bertz CT molecular complexity index is 633. The molecular weight excluding hydrogens is 475 g/mol. The molecule has 2 rings (SSSR count). The summed E-state index contributed by atoms with van der Waals surface area (Å²) >= 11 is 0. The Kier molecular flexibility index (Phi) is 13.0. The molecule has 1 fully saturated rings. The minimum Gasteiger partial charge on any atom is -0.356 e. The van der Waals surface area contributed by atoms with Gasteiger partial charge in [0, 0.05) is 39.6 Å². The van der Waals surface area contributed by atoms with Crippen LogP contribution in [0.1, 0.15) is 69.9 Å². The Morgan fingerprint density at radius 1 is 1.10 bits per heavy atom. The SMILES string of the molecule is CN=C(NCCCCCCC(C)C)NCc1ccccc1CN1CCCC1=O.I. The predicted octanol–water partition coefficient (Wildman–Crippen LogP) is 4.70. The Balaban J connectivity index is 0.00000420. The minimum atomic E-state index is 0. The van der Waals surface area contributed by atoms with Crippen LogP contribution in [0, 0.1) is 5.92 Å². The highest BCUT2D eigenvalue weighted by atomic mass is 127. The van der Waals surface area contributed by atoms with E-state index in [-0.39, 0.29) is 29.9 Å². The molecule has 1 saturated heterocycles. The summed E-state index contributed by atoms with van der Waals surface area (Å²) in [5, 5.41) is 6.83. The maximum atomic E-state index is 11.9. The van der Waals surface area contributed by atoms with Gasteiger partial charge in [-0.25, -0.2) is 0 Å². The highest BCUT2D eigenvalue weighted by Crippen LogP contribution is 2.17. The number of likely N-dealkylation sites (tertiary alicyclic amines) is 1. The van der Waals surface area contributed by atoms with Gasteiger partial charge in [0.25, 0.3) is 0 Å². The lowest BCUT2D eigenvalue weighted by molar-refractivity contribution is -0.128. The number of carbonyl (C=O) groups is 1. The van der Waals surface area contributed by atoms with Crippen molar-refractivity contribution in [2.45, 2.75) is 71.9 Å². The van der Waals surface area contributed by atoms with Gasteiger partial charge < -0.3 is 15.5 Å². The van der Waals surface area contributed by atoms with Gasteiger partial charge in [-0.1, -0.05) is 63.8 Å². The van der Waals surface area contributed by atoms with Crippen molar-refractivity contribution < 1.29 is 4.79 Å². The zero-order valence-corrected chi connectivity index (χ0v) is 20.7. The largest absolute Gasteiger partial charge is 0.356 e. The number of guanidine groups is 1. The molecule has 0 saturated carbocycles. The van der Waals surface area contributed by atoms with Crippen molar-refractivity contribution in [3.05, 3.63) is 35.4 Å². The summed E-state index contributed by atoms with van der Waals surface area (Å²) in [5.74, 6) is 1.93. The van der Waals surface area contributed by atoms with Crippen LogP contribution in [-0.2, 0) is 17.9 Å². The highest BCUT2D eigenvalue weighted by molar-refractivity contribution is 14.0. The molecule has 6 heteroatoms. The molecule has 0 spiro atoms. The van der Waals surface area contributed by atoms with Gasteiger partial charge in [-0.05, 0) is 29.9 Å². The summed E-state index contributed by atoms with van der Waals surface area (Å²) in [5.41, 5.74) is 2.43. The molecule has 0 aliphatic carbocycles. The van der Waals surface area contributed by atoms with E-state index in [4.69, 9.17) is 0 Å². The minimum absolute atomic E-state index is 0. The maximum Gasteiger partial charge on any atom is 0.222 e. The molecule has 1 heterocycles. The lowest BCUT2D eigenvalue weighted by atomic mass is 10.0. The number of amides is 1. The maximum absolute atomic E-state index is 11.9. The fourth-order valence-electron chi connectivity index (χ4n) is 3.60. The average Bonchev–Trinajstić information content (AvgIpc) is 3.09. The first kappa shape index (κ1) is 25.7. The Labute approximate surface area is 194 Å². The second kappa shape index (κ2) is 14.6. The zero-order chi connectivity index (χ0) is 20.2. The number of nitrogens with one attached hydrogen (secondary N) is 2. The number of unbranched alkanes of at least 4 members (excludes halogenated alkanes) is 3. The van der Waals surface area contributed by atoms with Crippen LogP contribution in [0.2, 0.25) is 0 Å². The summed E-state index contributed by atoms with van der Waals surface area (Å²) in [6.45, 7) is 7.83. The topological polar surface area (TPSA) is 56.7 Å². The van der Waals surface area contributed by atoms with Crippen LogP contribution >= 0.6 is 24.0 Å². The molecule has 1 aliphatic heterocycles. The third-order valence-corrected chi connectivity index (χ3v) is 5.32. The van der Waals surface area contributed by atoms with E-state index in [1.165, 1.54) is 43.2 Å². The molecule has 5 nitrogen and oxygen atoms in total. The van der Waals surface area contributed by atoms with Crippen LogP contribution in [0.4, 0.5) is 0 Å². The van der Waals surface area contributed by atoms with Gasteiger partial charge in [-0.3, -0.25) is 9.79 Å². The summed E-state index contributed by atoms with van der Waals surface area (Å²) in [6, 6.07) is 8.35. The lowest BCUT2D eigenvalue weighted by Crippen LogP contribution is -2.37. The van der Waals surface area contributed by atoms with E-state index in [1.54, 1.807) is 0 Å². The van der Waals surface area contributed by atoms with Crippen molar-refractivity contribution in [1.82, 2.24) is 15.5 Å². The quantitative estimate of drug-likeness (QED) is 0.195. The molecule has 164 valence electrons. The van der Waals surface area contributed by atoms with Crippen LogP contribution in [0.3, 0.4) is 0 Å². The summed E-state index contributed by atoms with van der Waals surface area (Å²) < 4.78 is 0. The van der Waals surface area contributed by atoms with E-state index in [0.717, 1.165) is 31.4 Å². The van der Waals surface area contributed by atoms with Gasteiger partial charge in [0.15, 0.2) is 5.96 Å². The molecule has 0 bridgehead atoms. The standard InChI is InChI=1S/C23H38N4O.HI/c1-19(2)11-6-4-5-9-15-25-23(24-3)26-17-20-12-7-8-13-21(20)18-27-16-10-14-22(27)28;/h7-8,12-13,19H,4-6,9-11,14-18H2,1-3H3,(H2,24,25,26);1H. The predicted molar refractivity (Wildman–Crippen MR) is 133 cm³/mol. The monoisotopic (exact) mass is 514 g/mol. The zero-order valence-electron chi connectivity index (χ0n) is 18.4. The Hall–Kier alpha value is -1.31. The molecule has 1 aromatic carbocycles. The molecule has 1 amide bonds. The first-order valence-electron chi connectivity index (χ1n) is 10.9. The number of hydrogen-bond acceptors (Lipinski definition) is 2. The average molecular weight is 514 g/mol. The highest BCUT2D eigenvalue weighted by Gasteiger charge is 2.20. The second-order valence-electron chi connectivity index (χ2n) is 8.14. The Morgan fingerprint density at radius 3 is 2.48 bits per heavy atom. The molecule has 1 aliphatic rings. The van der Waals surface area contributed by atoms with Crippen molar-refractivity contribution in [2.75, 3.05) is 20.1 Å².